The molecular weight excluding hydrogens is 218 g/mol. The molecule has 2 atom stereocenters. The molecule has 1 rings (SSSR count). The quantitative estimate of drug-likeness (QED) is 0.743. The van der Waals surface area contributed by atoms with Gasteiger partial charge < -0.3 is 9.84 Å². The molecule has 100 valence electrons. The van der Waals surface area contributed by atoms with Crippen molar-refractivity contribution in [1.82, 2.24) is 4.90 Å². The first-order valence-electron chi connectivity index (χ1n) is 6.63. The predicted octanol–water partition coefficient (Wildman–Crippen LogP) is 1.99. The first kappa shape index (κ1) is 14.5. The van der Waals surface area contributed by atoms with Gasteiger partial charge in [-0.15, -0.1) is 0 Å². The Labute approximate surface area is 104 Å². The average molecular weight is 243 g/mol. The summed E-state index contributed by atoms with van der Waals surface area (Å²) in [5.74, 6) is -0.0507. The molecule has 0 aromatic carbocycles. The van der Waals surface area contributed by atoms with Gasteiger partial charge in [0.2, 0.25) is 0 Å². The van der Waals surface area contributed by atoms with Crippen LogP contribution in [0.15, 0.2) is 0 Å². The maximum Gasteiger partial charge on any atom is 0.320 e. The van der Waals surface area contributed by atoms with Crippen LogP contribution in [-0.4, -0.2) is 47.8 Å². The van der Waals surface area contributed by atoms with Crippen LogP contribution in [-0.2, 0) is 9.53 Å². The van der Waals surface area contributed by atoms with Crippen molar-refractivity contribution in [2.24, 2.45) is 5.92 Å². The largest absolute Gasteiger partial charge is 0.480 e. The summed E-state index contributed by atoms with van der Waals surface area (Å²) in [5, 5.41) is 9.09. The molecule has 1 aliphatic rings. The predicted molar refractivity (Wildman–Crippen MR) is 67.1 cm³/mol. The number of carboxylic acid groups (broad SMARTS) is 1. The summed E-state index contributed by atoms with van der Waals surface area (Å²) in [6.45, 7) is 8.69. The minimum absolute atomic E-state index is 0.224. The van der Waals surface area contributed by atoms with E-state index in [2.05, 4.69) is 13.8 Å². The summed E-state index contributed by atoms with van der Waals surface area (Å²) in [7, 11) is 0. The molecule has 4 heteroatoms. The van der Waals surface area contributed by atoms with Crippen LogP contribution in [0.4, 0.5) is 0 Å². The van der Waals surface area contributed by atoms with Gasteiger partial charge >= 0.3 is 5.97 Å². The van der Waals surface area contributed by atoms with Crippen LogP contribution in [0, 0.1) is 5.92 Å². The van der Waals surface area contributed by atoms with Crippen molar-refractivity contribution in [3.8, 4) is 0 Å². The number of likely N-dealkylation sites (tertiary alicyclic amines) is 1. The maximum absolute atomic E-state index is 11.0. The number of carbonyl (C=O) groups is 1. The molecular formula is C13H25NO3. The summed E-state index contributed by atoms with van der Waals surface area (Å²) >= 11 is 0. The van der Waals surface area contributed by atoms with Crippen molar-refractivity contribution in [3.05, 3.63) is 0 Å². The van der Waals surface area contributed by atoms with Crippen LogP contribution in [0.1, 0.15) is 40.0 Å². The van der Waals surface area contributed by atoms with Gasteiger partial charge in [0, 0.05) is 19.7 Å². The molecule has 17 heavy (non-hydrogen) atoms. The zero-order valence-electron chi connectivity index (χ0n) is 11.2. The Balaban J connectivity index is 2.29. The van der Waals surface area contributed by atoms with Crippen molar-refractivity contribution in [2.75, 3.05) is 19.7 Å². The second-order valence-electron chi connectivity index (χ2n) is 5.22. The molecule has 0 aliphatic carbocycles. The van der Waals surface area contributed by atoms with E-state index >= 15 is 0 Å². The number of carboxylic acids is 1. The first-order chi connectivity index (χ1) is 8.04. The van der Waals surface area contributed by atoms with Crippen molar-refractivity contribution < 1.29 is 14.6 Å². The number of hydrogen-bond acceptors (Lipinski definition) is 3. The van der Waals surface area contributed by atoms with Gasteiger partial charge in [0.25, 0.3) is 0 Å². The Morgan fingerprint density at radius 1 is 1.53 bits per heavy atom. The van der Waals surface area contributed by atoms with E-state index in [9.17, 15) is 4.79 Å². The molecule has 1 N–H and O–H groups in total. The van der Waals surface area contributed by atoms with Crippen LogP contribution in [0.2, 0.25) is 0 Å². The standard InChI is InChI=1S/C13H25NO3/c1-4-12(13(15)16)14-7-5-11(9-14)17-8-6-10(2)3/h10-12H,4-9H2,1-3H3,(H,15,16)/t11-,12-/m0/s1. The van der Waals surface area contributed by atoms with Gasteiger partial charge in [0.05, 0.1) is 6.10 Å². The summed E-state index contributed by atoms with van der Waals surface area (Å²) in [5.41, 5.74) is 0. The Morgan fingerprint density at radius 3 is 2.76 bits per heavy atom. The summed E-state index contributed by atoms with van der Waals surface area (Å²) < 4.78 is 5.78. The van der Waals surface area contributed by atoms with E-state index in [4.69, 9.17) is 9.84 Å². The Bertz CT molecular complexity index is 243. The molecule has 1 fully saturated rings. The zero-order chi connectivity index (χ0) is 12.8. The fourth-order valence-corrected chi connectivity index (χ4v) is 2.23. The second-order valence-corrected chi connectivity index (χ2v) is 5.22. The van der Waals surface area contributed by atoms with Crippen LogP contribution in [0.25, 0.3) is 0 Å². The van der Waals surface area contributed by atoms with E-state index in [0.29, 0.717) is 12.3 Å². The zero-order valence-corrected chi connectivity index (χ0v) is 11.2. The van der Waals surface area contributed by atoms with Crippen molar-refractivity contribution in [1.29, 1.82) is 0 Å². The average Bonchev–Trinajstić information content (AvgIpc) is 2.66. The normalized spacial score (nSPS) is 23.2. The Morgan fingerprint density at radius 2 is 2.24 bits per heavy atom. The molecule has 4 nitrogen and oxygen atoms in total. The van der Waals surface area contributed by atoms with Gasteiger partial charge in [-0.2, -0.15) is 0 Å². The van der Waals surface area contributed by atoms with Gasteiger partial charge in [0.15, 0.2) is 0 Å². The third-order valence-electron chi connectivity index (χ3n) is 3.34. The van der Waals surface area contributed by atoms with Gasteiger partial charge in [0.1, 0.15) is 6.04 Å². The minimum atomic E-state index is -0.713. The number of aliphatic carboxylic acids is 1. The van der Waals surface area contributed by atoms with Crippen LogP contribution < -0.4 is 0 Å². The Kier molecular flexibility index (Phi) is 5.92. The highest BCUT2D eigenvalue weighted by molar-refractivity contribution is 5.73. The monoisotopic (exact) mass is 243 g/mol. The second kappa shape index (κ2) is 6.97. The maximum atomic E-state index is 11.0. The number of hydrogen-bond donors (Lipinski definition) is 1. The van der Waals surface area contributed by atoms with E-state index in [-0.39, 0.29) is 12.1 Å². The van der Waals surface area contributed by atoms with Crippen LogP contribution >= 0.6 is 0 Å². The molecule has 0 aromatic rings. The smallest absolute Gasteiger partial charge is 0.320 e. The first-order valence-corrected chi connectivity index (χ1v) is 6.63. The lowest BCUT2D eigenvalue weighted by atomic mass is 10.1. The van der Waals surface area contributed by atoms with E-state index in [1.807, 2.05) is 11.8 Å². The Hall–Kier alpha value is -0.610. The van der Waals surface area contributed by atoms with Gasteiger partial charge in [-0.3, -0.25) is 9.69 Å². The van der Waals surface area contributed by atoms with Crippen molar-refractivity contribution in [3.63, 3.8) is 0 Å². The lowest BCUT2D eigenvalue weighted by molar-refractivity contribution is -0.143. The lowest BCUT2D eigenvalue weighted by Crippen LogP contribution is -2.39. The highest BCUT2D eigenvalue weighted by Crippen LogP contribution is 2.18. The van der Waals surface area contributed by atoms with Crippen LogP contribution in [0.3, 0.4) is 0 Å². The van der Waals surface area contributed by atoms with Gasteiger partial charge in [-0.05, 0) is 25.2 Å². The molecule has 0 saturated carbocycles. The van der Waals surface area contributed by atoms with E-state index < -0.39 is 5.97 Å². The number of rotatable bonds is 7. The fourth-order valence-electron chi connectivity index (χ4n) is 2.23. The molecule has 0 bridgehead atoms. The topological polar surface area (TPSA) is 49.8 Å². The molecule has 0 radical (unpaired) electrons. The van der Waals surface area contributed by atoms with Gasteiger partial charge in [-0.25, -0.2) is 0 Å². The highest BCUT2D eigenvalue weighted by Gasteiger charge is 2.31. The summed E-state index contributed by atoms with van der Waals surface area (Å²) in [6, 6.07) is -0.339. The molecule has 1 aliphatic heterocycles. The lowest BCUT2D eigenvalue weighted by Gasteiger charge is -2.22. The van der Waals surface area contributed by atoms with Crippen molar-refractivity contribution in [2.45, 2.75) is 52.2 Å². The number of ether oxygens (including phenoxy) is 1. The molecule has 0 aromatic heterocycles. The summed E-state index contributed by atoms with van der Waals surface area (Å²) in [6.07, 6.45) is 2.92. The molecule has 1 heterocycles. The van der Waals surface area contributed by atoms with Crippen LogP contribution in [0.5, 0.6) is 0 Å². The molecule has 0 amide bonds. The number of nitrogens with zero attached hydrogens (tertiary/aromatic N) is 1. The molecule has 0 unspecified atom stereocenters. The minimum Gasteiger partial charge on any atom is -0.480 e. The highest BCUT2D eigenvalue weighted by atomic mass is 16.5. The summed E-state index contributed by atoms with van der Waals surface area (Å²) in [4.78, 5) is 13.1. The van der Waals surface area contributed by atoms with E-state index in [1.165, 1.54) is 0 Å². The van der Waals surface area contributed by atoms with E-state index in [1.54, 1.807) is 0 Å². The fraction of sp³-hybridized carbons (Fsp3) is 0.923. The third kappa shape index (κ3) is 4.64. The molecule has 0 spiro atoms. The third-order valence-corrected chi connectivity index (χ3v) is 3.34. The van der Waals surface area contributed by atoms with Crippen molar-refractivity contribution >= 4 is 5.97 Å². The molecule has 1 saturated heterocycles. The SMILES string of the molecule is CC[C@@H](C(=O)O)N1CC[C@H](OCCC(C)C)C1. The van der Waals surface area contributed by atoms with Gasteiger partial charge in [-0.1, -0.05) is 20.8 Å². The van der Waals surface area contributed by atoms with E-state index in [0.717, 1.165) is 32.5 Å².